The summed E-state index contributed by atoms with van der Waals surface area (Å²) < 4.78 is 0. The molecule has 1 unspecified atom stereocenters. The summed E-state index contributed by atoms with van der Waals surface area (Å²) in [7, 11) is 0. The van der Waals surface area contributed by atoms with E-state index in [4.69, 9.17) is 15.7 Å². The maximum Gasteiger partial charge on any atom is 0.140 e. The maximum absolute atomic E-state index is 9.04. The van der Waals surface area contributed by atoms with E-state index in [0.717, 1.165) is 48.3 Å². The maximum atomic E-state index is 9.04. The van der Waals surface area contributed by atoms with Crippen molar-refractivity contribution in [3.63, 3.8) is 0 Å². The zero-order valence-electron chi connectivity index (χ0n) is 21.1. The third-order valence-electron chi connectivity index (χ3n) is 6.11. The lowest BCUT2D eigenvalue weighted by Gasteiger charge is -2.32. The fourth-order valence-corrected chi connectivity index (χ4v) is 4.18. The monoisotopic (exact) mass is 478 g/mol. The first kappa shape index (κ1) is 26.2. The molecule has 2 aromatic carbocycles. The molecular formula is C30H34N6. The summed E-state index contributed by atoms with van der Waals surface area (Å²) in [5.41, 5.74) is 6.08. The highest BCUT2D eigenvalue weighted by Crippen LogP contribution is 2.22. The van der Waals surface area contributed by atoms with Crippen molar-refractivity contribution in [1.29, 1.82) is 10.7 Å². The summed E-state index contributed by atoms with van der Waals surface area (Å²) in [6, 6.07) is 17.8. The molecule has 1 atom stereocenters. The first-order valence-electron chi connectivity index (χ1n) is 12.0. The van der Waals surface area contributed by atoms with Crippen LogP contribution in [0.15, 0.2) is 96.7 Å². The Morgan fingerprint density at radius 3 is 2.50 bits per heavy atom. The average molecular weight is 479 g/mol. The van der Waals surface area contributed by atoms with Gasteiger partial charge in [-0.05, 0) is 68.6 Å². The predicted octanol–water partition coefficient (Wildman–Crippen LogP) is 5.42. The van der Waals surface area contributed by atoms with Gasteiger partial charge in [0.05, 0.1) is 17.3 Å². The molecule has 0 amide bonds. The quantitative estimate of drug-likeness (QED) is 0.242. The van der Waals surface area contributed by atoms with Crippen LogP contribution in [0.3, 0.4) is 0 Å². The lowest BCUT2D eigenvalue weighted by Crippen LogP contribution is -2.43. The van der Waals surface area contributed by atoms with Gasteiger partial charge in [-0.15, -0.1) is 0 Å². The number of hydrogen-bond donors (Lipinski definition) is 4. The number of hydrogen-bond acceptors (Lipinski definition) is 6. The van der Waals surface area contributed by atoms with E-state index in [1.54, 1.807) is 18.3 Å². The number of rotatable bonds is 12. The summed E-state index contributed by atoms with van der Waals surface area (Å²) in [6.45, 7) is 12.8. The number of allylic oxidation sites excluding steroid dienone is 3. The van der Waals surface area contributed by atoms with Crippen LogP contribution in [-0.2, 0) is 6.42 Å². The molecule has 6 nitrogen and oxygen atoms in total. The summed E-state index contributed by atoms with van der Waals surface area (Å²) in [5, 5.41) is 26.9. The second-order valence-electron chi connectivity index (χ2n) is 9.14. The third kappa shape index (κ3) is 7.07. The van der Waals surface area contributed by atoms with E-state index < -0.39 is 0 Å². The van der Waals surface area contributed by atoms with Crippen molar-refractivity contribution in [3.8, 4) is 6.07 Å². The lowest BCUT2D eigenvalue weighted by atomic mass is 9.89. The highest BCUT2D eigenvalue weighted by atomic mass is 15.0. The van der Waals surface area contributed by atoms with E-state index in [1.807, 2.05) is 31.3 Å². The van der Waals surface area contributed by atoms with Crippen LogP contribution >= 0.6 is 0 Å². The van der Waals surface area contributed by atoms with E-state index in [2.05, 4.69) is 66.4 Å². The number of aliphatic imine (C=N–C) groups is 1. The molecule has 2 aromatic rings. The molecule has 1 aliphatic heterocycles. The number of benzene rings is 2. The molecule has 0 bridgehead atoms. The molecule has 36 heavy (non-hydrogen) atoms. The SMILES string of the molecule is C=CNCCC(C)(CCc1ccc(C2=N/C(=C(/C=N)c3ccc(C#N)cc3)NC=C2)cc1)NC(=C)C. The van der Waals surface area contributed by atoms with Gasteiger partial charge in [0.2, 0.25) is 0 Å². The van der Waals surface area contributed by atoms with Gasteiger partial charge in [0.15, 0.2) is 0 Å². The zero-order valence-corrected chi connectivity index (χ0v) is 21.1. The summed E-state index contributed by atoms with van der Waals surface area (Å²) in [5.74, 6) is 0.603. The fourth-order valence-electron chi connectivity index (χ4n) is 4.18. The fraction of sp³-hybridized carbons (Fsp3) is 0.233. The third-order valence-corrected chi connectivity index (χ3v) is 6.11. The molecule has 1 aliphatic rings. The predicted molar refractivity (Wildman–Crippen MR) is 150 cm³/mol. The molecule has 0 saturated carbocycles. The summed E-state index contributed by atoms with van der Waals surface area (Å²) in [6.07, 6.45) is 9.66. The van der Waals surface area contributed by atoms with E-state index >= 15 is 0 Å². The summed E-state index contributed by atoms with van der Waals surface area (Å²) >= 11 is 0. The normalized spacial score (nSPS) is 15.4. The number of nitrogens with one attached hydrogen (secondary N) is 4. The molecular weight excluding hydrogens is 444 g/mol. The summed E-state index contributed by atoms with van der Waals surface area (Å²) in [4.78, 5) is 4.78. The van der Waals surface area contributed by atoms with Gasteiger partial charge < -0.3 is 21.4 Å². The minimum atomic E-state index is -0.0589. The van der Waals surface area contributed by atoms with Crippen LogP contribution in [0.4, 0.5) is 0 Å². The van der Waals surface area contributed by atoms with E-state index in [9.17, 15) is 0 Å². The van der Waals surface area contributed by atoms with Crippen molar-refractivity contribution >= 4 is 17.5 Å². The largest absolute Gasteiger partial charge is 0.391 e. The van der Waals surface area contributed by atoms with Gasteiger partial charge >= 0.3 is 0 Å². The van der Waals surface area contributed by atoms with Crippen LogP contribution in [0.5, 0.6) is 0 Å². The molecule has 184 valence electrons. The Bertz CT molecular complexity index is 1230. The molecule has 0 aromatic heterocycles. The van der Waals surface area contributed by atoms with Gasteiger partial charge in [0.1, 0.15) is 5.82 Å². The topological polar surface area (TPSA) is 96.1 Å². The Hall–Kier alpha value is -4.37. The van der Waals surface area contributed by atoms with Crippen LogP contribution in [0, 0.1) is 16.7 Å². The van der Waals surface area contributed by atoms with Gasteiger partial charge in [0, 0.05) is 41.3 Å². The molecule has 0 aliphatic carbocycles. The Morgan fingerprint density at radius 2 is 1.89 bits per heavy atom. The molecule has 6 heteroatoms. The van der Waals surface area contributed by atoms with Crippen LogP contribution < -0.4 is 16.0 Å². The van der Waals surface area contributed by atoms with Gasteiger partial charge in [0.25, 0.3) is 0 Å². The Balaban J connectivity index is 1.75. The Kier molecular flexibility index (Phi) is 9.01. The standard InChI is InChI=1S/C30H34N6/c1-5-33-19-17-30(4,36-22(2)3)16-14-23-6-12-26(13-7-23)28-15-18-34-29(35-28)27(21-32)25-10-8-24(20-31)9-11-25/h5-13,15,18,21,32-34,36H,1-2,14,16-17,19H2,3-4H3/b29-27-,32-21?. The Morgan fingerprint density at radius 1 is 1.17 bits per heavy atom. The molecule has 1 heterocycles. The second kappa shape index (κ2) is 12.4. The van der Waals surface area contributed by atoms with Crippen molar-refractivity contribution in [1.82, 2.24) is 16.0 Å². The molecule has 4 N–H and O–H groups in total. The second-order valence-corrected chi connectivity index (χ2v) is 9.14. The Labute approximate surface area is 214 Å². The van der Waals surface area contributed by atoms with Crippen LogP contribution in [0.2, 0.25) is 0 Å². The van der Waals surface area contributed by atoms with Gasteiger partial charge in [-0.25, -0.2) is 4.99 Å². The van der Waals surface area contributed by atoms with Crippen molar-refractivity contribution in [2.24, 2.45) is 4.99 Å². The number of aryl methyl sites for hydroxylation is 1. The van der Waals surface area contributed by atoms with E-state index in [0.29, 0.717) is 17.0 Å². The lowest BCUT2D eigenvalue weighted by molar-refractivity contribution is 0.335. The first-order chi connectivity index (χ1) is 17.4. The van der Waals surface area contributed by atoms with Gasteiger partial charge in [-0.3, -0.25) is 0 Å². The van der Waals surface area contributed by atoms with Crippen molar-refractivity contribution in [2.45, 2.75) is 38.6 Å². The average Bonchev–Trinajstić information content (AvgIpc) is 2.89. The molecule has 0 spiro atoms. The number of nitriles is 1. The highest BCUT2D eigenvalue weighted by Gasteiger charge is 2.23. The van der Waals surface area contributed by atoms with E-state index in [-0.39, 0.29) is 5.54 Å². The first-order valence-corrected chi connectivity index (χ1v) is 12.0. The minimum Gasteiger partial charge on any atom is -0.391 e. The smallest absolute Gasteiger partial charge is 0.140 e. The van der Waals surface area contributed by atoms with Crippen LogP contribution in [0.25, 0.3) is 5.57 Å². The molecule has 3 rings (SSSR count). The van der Waals surface area contributed by atoms with Crippen molar-refractivity contribution < 1.29 is 0 Å². The number of nitrogens with zero attached hydrogens (tertiary/aromatic N) is 2. The van der Waals surface area contributed by atoms with Crippen molar-refractivity contribution in [3.05, 3.63) is 114 Å². The molecule has 0 radical (unpaired) electrons. The molecule has 0 fully saturated rings. The van der Waals surface area contributed by atoms with E-state index in [1.165, 1.54) is 11.8 Å². The van der Waals surface area contributed by atoms with Crippen LogP contribution in [0.1, 0.15) is 48.9 Å². The van der Waals surface area contributed by atoms with Gasteiger partial charge in [-0.2, -0.15) is 5.26 Å². The van der Waals surface area contributed by atoms with Gasteiger partial charge in [-0.1, -0.05) is 49.6 Å². The zero-order chi connectivity index (χ0) is 26.0. The minimum absolute atomic E-state index is 0.0589. The van der Waals surface area contributed by atoms with Crippen LogP contribution in [-0.4, -0.2) is 24.0 Å². The van der Waals surface area contributed by atoms with Crippen molar-refractivity contribution in [2.75, 3.05) is 6.54 Å². The highest BCUT2D eigenvalue weighted by molar-refractivity contribution is 6.13. The molecule has 0 saturated heterocycles.